The molecule has 3 rings (SSSR count). The highest BCUT2D eigenvalue weighted by Crippen LogP contribution is 2.26. The van der Waals surface area contributed by atoms with Crippen molar-refractivity contribution in [2.45, 2.75) is 13.0 Å². The third-order valence-corrected chi connectivity index (χ3v) is 4.88. The molecule has 0 radical (unpaired) electrons. The first-order valence-corrected chi connectivity index (χ1v) is 9.46. The molecule has 1 atom stereocenters. The van der Waals surface area contributed by atoms with Crippen molar-refractivity contribution in [3.8, 4) is 5.75 Å². The number of halogens is 3. The molecule has 29 heavy (non-hydrogen) atoms. The van der Waals surface area contributed by atoms with E-state index in [-0.39, 0.29) is 29.8 Å². The average molecular weight is 444 g/mol. The first-order chi connectivity index (χ1) is 13.3. The zero-order chi connectivity index (χ0) is 20.3. The summed E-state index contributed by atoms with van der Waals surface area (Å²) in [5.74, 6) is -1.20. The Balaban J connectivity index is 0.00000300. The third kappa shape index (κ3) is 5.96. The second-order valence-corrected chi connectivity index (χ2v) is 7.35. The fourth-order valence-electron chi connectivity index (χ4n) is 3.27. The van der Waals surface area contributed by atoms with Crippen molar-refractivity contribution in [2.24, 2.45) is 0 Å². The summed E-state index contributed by atoms with van der Waals surface area (Å²) >= 11 is 5.86. The molecule has 2 aromatic carbocycles. The smallest absolute Gasteiger partial charge is 0.259 e. The molecule has 1 fully saturated rings. The first kappa shape index (κ1) is 23.2. The number of aromatic hydroxyl groups is 1. The van der Waals surface area contributed by atoms with Gasteiger partial charge in [-0.2, -0.15) is 0 Å². The number of hydrogen-bond acceptors (Lipinski definition) is 5. The van der Waals surface area contributed by atoms with Crippen LogP contribution in [0.5, 0.6) is 5.75 Å². The van der Waals surface area contributed by atoms with Crippen LogP contribution < -0.4 is 10.2 Å². The number of carbonyl (C=O) groups excluding carboxylic acids is 1. The van der Waals surface area contributed by atoms with Crippen LogP contribution in [0.3, 0.4) is 0 Å². The Hall–Kier alpha value is -2.06. The number of nitrogens with one attached hydrogen (secondary N) is 1. The second-order valence-electron chi connectivity index (χ2n) is 6.92. The molecule has 6 nitrogen and oxygen atoms in total. The number of phenolic OH excluding ortho intramolecular Hbond substituents is 1. The van der Waals surface area contributed by atoms with E-state index in [0.717, 1.165) is 13.1 Å². The highest BCUT2D eigenvalue weighted by molar-refractivity contribution is 6.31. The Labute approximate surface area is 180 Å². The molecule has 0 spiro atoms. The maximum Gasteiger partial charge on any atom is 0.259 e. The Morgan fingerprint density at radius 1 is 1.21 bits per heavy atom. The van der Waals surface area contributed by atoms with Crippen LogP contribution >= 0.6 is 24.0 Å². The van der Waals surface area contributed by atoms with Crippen LogP contribution in [0.4, 0.5) is 15.8 Å². The van der Waals surface area contributed by atoms with Crippen LogP contribution in [0.15, 0.2) is 36.4 Å². The van der Waals surface area contributed by atoms with Crippen molar-refractivity contribution < 1.29 is 19.4 Å². The van der Waals surface area contributed by atoms with E-state index in [0.29, 0.717) is 36.0 Å². The number of benzene rings is 2. The maximum atomic E-state index is 14.6. The van der Waals surface area contributed by atoms with Gasteiger partial charge in [0.25, 0.3) is 5.91 Å². The lowest BCUT2D eigenvalue weighted by molar-refractivity contribution is 0.102. The van der Waals surface area contributed by atoms with Gasteiger partial charge in [-0.15, -0.1) is 12.4 Å². The van der Waals surface area contributed by atoms with Gasteiger partial charge in [-0.1, -0.05) is 11.6 Å². The standard InChI is InChI=1S/C20H23ClFN3O3.ClH/c1-13(26)12-24-6-8-25(9-7-24)18-4-3-15(11-17(18)22)23-20(28)16-10-14(21)2-5-19(16)27;/h2-5,10-11,13,26-27H,6-9,12H2,1H3,(H,23,28);1H. The fourth-order valence-corrected chi connectivity index (χ4v) is 3.45. The lowest BCUT2D eigenvalue weighted by atomic mass is 10.1. The normalized spacial score (nSPS) is 15.5. The molecule has 2 aromatic rings. The minimum atomic E-state index is -0.570. The summed E-state index contributed by atoms with van der Waals surface area (Å²) < 4.78 is 14.6. The van der Waals surface area contributed by atoms with Crippen molar-refractivity contribution >= 4 is 41.3 Å². The van der Waals surface area contributed by atoms with Gasteiger partial charge in [0.2, 0.25) is 0 Å². The molecular weight excluding hydrogens is 420 g/mol. The molecule has 1 heterocycles. The summed E-state index contributed by atoms with van der Waals surface area (Å²) in [4.78, 5) is 16.4. The predicted molar refractivity (Wildman–Crippen MR) is 115 cm³/mol. The summed E-state index contributed by atoms with van der Waals surface area (Å²) in [5, 5.41) is 22.2. The number of aliphatic hydroxyl groups excluding tert-OH is 1. The van der Waals surface area contributed by atoms with Crippen molar-refractivity contribution in [3.63, 3.8) is 0 Å². The van der Waals surface area contributed by atoms with Gasteiger partial charge in [0, 0.05) is 43.4 Å². The lowest BCUT2D eigenvalue weighted by Crippen LogP contribution is -2.48. The average Bonchev–Trinajstić information content (AvgIpc) is 2.64. The fraction of sp³-hybridized carbons (Fsp3) is 0.350. The summed E-state index contributed by atoms with van der Waals surface area (Å²) in [6.45, 7) is 5.17. The van der Waals surface area contributed by atoms with E-state index in [1.165, 1.54) is 24.3 Å². The van der Waals surface area contributed by atoms with Crippen molar-refractivity contribution in [3.05, 3.63) is 52.8 Å². The number of piperazine rings is 1. The zero-order valence-electron chi connectivity index (χ0n) is 15.9. The van der Waals surface area contributed by atoms with Gasteiger partial charge >= 0.3 is 0 Å². The minimum absolute atomic E-state index is 0. The molecule has 0 bridgehead atoms. The van der Waals surface area contributed by atoms with Gasteiger partial charge in [0.05, 0.1) is 17.4 Å². The number of nitrogens with zero attached hydrogens (tertiary/aromatic N) is 2. The van der Waals surface area contributed by atoms with Crippen molar-refractivity contribution in [2.75, 3.05) is 42.9 Å². The molecule has 3 N–H and O–H groups in total. The molecule has 0 saturated carbocycles. The molecular formula is C20H24Cl2FN3O3. The Bertz CT molecular complexity index is 859. The number of rotatable bonds is 5. The summed E-state index contributed by atoms with van der Waals surface area (Å²) in [5.41, 5.74) is 0.782. The van der Waals surface area contributed by atoms with Gasteiger partial charge in [-0.05, 0) is 43.3 Å². The third-order valence-electron chi connectivity index (χ3n) is 4.64. The van der Waals surface area contributed by atoms with Crippen LogP contribution in [-0.2, 0) is 0 Å². The molecule has 158 valence electrons. The second kappa shape index (κ2) is 10.1. The van der Waals surface area contributed by atoms with E-state index in [2.05, 4.69) is 10.2 Å². The maximum absolute atomic E-state index is 14.6. The van der Waals surface area contributed by atoms with E-state index < -0.39 is 11.7 Å². The zero-order valence-corrected chi connectivity index (χ0v) is 17.5. The number of carbonyl (C=O) groups is 1. The number of amides is 1. The first-order valence-electron chi connectivity index (χ1n) is 9.08. The van der Waals surface area contributed by atoms with Gasteiger partial charge in [-0.3, -0.25) is 9.69 Å². The highest BCUT2D eigenvalue weighted by Gasteiger charge is 2.21. The summed E-state index contributed by atoms with van der Waals surface area (Å²) in [6, 6.07) is 8.68. The predicted octanol–water partition coefficient (Wildman–Crippen LogP) is 3.36. The van der Waals surface area contributed by atoms with E-state index in [1.807, 2.05) is 4.90 Å². The molecule has 0 aliphatic carbocycles. The van der Waals surface area contributed by atoms with Crippen LogP contribution in [0, 0.1) is 5.82 Å². The van der Waals surface area contributed by atoms with E-state index in [1.54, 1.807) is 19.1 Å². The molecule has 1 saturated heterocycles. The van der Waals surface area contributed by atoms with E-state index in [4.69, 9.17) is 11.6 Å². The van der Waals surface area contributed by atoms with Crippen LogP contribution in [0.25, 0.3) is 0 Å². The van der Waals surface area contributed by atoms with E-state index in [9.17, 15) is 19.4 Å². The Kier molecular flexibility index (Phi) is 8.10. The number of aliphatic hydroxyl groups is 1. The van der Waals surface area contributed by atoms with E-state index >= 15 is 0 Å². The van der Waals surface area contributed by atoms with Gasteiger partial charge < -0.3 is 20.4 Å². The summed E-state index contributed by atoms with van der Waals surface area (Å²) in [6.07, 6.45) is -0.384. The largest absolute Gasteiger partial charge is 0.507 e. The highest BCUT2D eigenvalue weighted by atomic mass is 35.5. The number of phenols is 1. The number of β-amino-alcohol motifs (C(OH)–C–C–N with tert-alkyl or cyclic N) is 1. The molecule has 0 aromatic heterocycles. The lowest BCUT2D eigenvalue weighted by Gasteiger charge is -2.36. The minimum Gasteiger partial charge on any atom is -0.507 e. The van der Waals surface area contributed by atoms with Crippen molar-refractivity contribution in [1.29, 1.82) is 0 Å². The van der Waals surface area contributed by atoms with Gasteiger partial charge in [0.15, 0.2) is 0 Å². The monoisotopic (exact) mass is 443 g/mol. The molecule has 9 heteroatoms. The Morgan fingerprint density at radius 2 is 1.90 bits per heavy atom. The molecule has 1 unspecified atom stereocenters. The van der Waals surface area contributed by atoms with Crippen LogP contribution in [-0.4, -0.2) is 59.8 Å². The summed E-state index contributed by atoms with van der Waals surface area (Å²) in [7, 11) is 0. The Morgan fingerprint density at radius 3 is 2.52 bits per heavy atom. The molecule has 1 aliphatic heterocycles. The van der Waals surface area contributed by atoms with Crippen LogP contribution in [0.2, 0.25) is 5.02 Å². The molecule has 1 aliphatic rings. The van der Waals surface area contributed by atoms with Crippen molar-refractivity contribution in [1.82, 2.24) is 4.90 Å². The van der Waals surface area contributed by atoms with Gasteiger partial charge in [0.1, 0.15) is 11.6 Å². The number of hydrogen-bond donors (Lipinski definition) is 3. The molecule has 1 amide bonds. The van der Waals surface area contributed by atoms with Crippen LogP contribution in [0.1, 0.15) is 17.3 Å². The number of anilines is 2. The van der Waals surface area contributed by atoms with Gasteiger partial charge in [-0.25, -0.2) is 4.39 Å². The topological polar surface area (TPSA) is 76.0 Å². The SMILES string of the molecule is CC(O)CN1CCN(c2ccc(NC(=O)c3cc(Cl)ccc3O)cc2F)CC1.Cl. The quantitative estimate of drug-likeness (QED) is 0.660.